The first-order chi connectivity index (χ1) is 9.72. The van der Waals surface area contributed by atoms with Gasteiger partial charge in [-0.1, -0.05) is 23.7 Å². The van der Waals surface area contributed by atoms with Crippen LogP contribution in [0, 0.1) is 5.92 Å². The van der Waals surface area contributed by atoms with Crippen LogP contribution < -0.4 is 11.3 Å². The van der Waals surface area contributed by atoms with Gasteiger partial charge in [0.25, 0.3) is 0 Å². The van der Waals surface area contributed by atoms with E-state index in [1.165, 1.54) is 0 Å². The molecule has 0 aliphatic carbocycles. The molecule has 0 amide bonds. The van der Waals surface area contributed by atoms with Gasteiger partial charge < -0.3 is 9.47 Å². The van der Waals surface area contributed by atoms with E-state index in [4.69, 9.17) is 26.9 Å². The van der Waals surface area contributed by atoms with Crippen molar-refractivity contribution in [2.24, 2.45) is 11.8 Å². The van der Waals surface area contributed by atoms with Gasteiger partial charge in [-0.05, 0) is 36.5 Å². The second-order valence-electron chi connectivity index (χ2n) is 5.79. The largest absolute Gasteiger partial charge is 0.378 e. The maximum Gasteiger partial charge on any atom is 0.0940 e. The van der Waals surface area contributed by atoms with Crippen LogP contribution in [0.1, 0.15) is 30.9 Å². The fraction of sp³-hybridized carbons (Fsp3) is 0.600. The maximum absolute atomic E-state index is 6.09. The average Bonchev–Trinajstić information content (AvgIpc) is 2.88. The van der Waals surface area contributed by atoms with Gasteiger partial charge in [-0.15, -0.1) is 0 Å². The van der Waals surface area contributed by atoms with Crippen LogP contribution in [0.25, 0.3) is 0 Å². The first-order valence-electron chi connectivity index (χ1n) is 7.16. The van der Waals surface area contributed by atoms with Gasteiger partial charge in [0.1, 0.15) is 0 Å². The highest BCUT2D eigenvalue weighted by Gasteiger charge is 2.43. The molecule has 2 aliphatic heterocycles. The molecule has 2 fully saturated rings. The third-order valence-electron chi connectivity index (χ3n) is 4.46. The number of ether oxygens (including phenoxy) is 2. The number of rotatable bonds is 3. The fourth-order valence-corrected chi connectivity index (χ4v) is 3.62. The number of hydrogen-bond acceptors (Lipinski definition) is 4. The first-order valence-corrected chi connectivity index (χ1v) is 7.53. The molecule has 3 unspecified atom stereocenters. The first kappa shape index (κ1) is 14.3. The van der Waals surface area contributed by atoms with E-state index in [-0.39, 0.29) is 11.6 Å². The van der Waals surface area contributed by atoms with Crippen LogP contribution in [0.5, 0.6) is 0 Å². The Balaban J connectivity index is 1.78. The minimum atomic E-state index is -0.101. The molecule has 1 spiro atoms. The molecule has 3 atom stereocenters. The minimum absolute atomic E-state index is 0.101. The van der Waals surface area contributed by atoms with Crippen LogP contribution in [-0.2, 0) is 9.47 Å². The third kappa shape index (κ3) is 2.85. The summed E-state index contributed by atoms with van der Waals surface area (Å²) in [7, 11) is 0. The zero-order valence-electron chi connectivity index (χ0n) is 11.5. The van der Waals surface area contributed by atoms with Gasteiger partial charge in [0.15, 0.2) is 0 Å². The molecule has 1 aromatic rings. The Kier molecular flexibility index (Phi) is 4.29. The quantitative estimate of drug-likeness (QED) is 0.664. The normalized spacial score (nSPS) is 31.6. The van der Waals surface area contributed by atoms with Gasteiger partial charge in [-0.25, -0.2) is 0 Å². The molecule has 4 nitrogen and oxygen atoms in total. The van der Waals surface area contributed by atoms with Gasteiger partial charge in [0.2, 0.25) is 0 Å². The van der Waals surface area contributed by atoms with Crippen molar-refractivity contribution in [1.82, 2.24) is 5.43 Å². The smallest absolute Gasteiger partial charge is 0.0940 e. The van der Waals surface area contributed by atoms with Crippen molar-refractivity contribution in [2.75, 3.05) is 19.8 Å². The molecule has 0 saturated carbocycles. The summed E-state index contributed by atoms with van der Waals surface area (Å²) in [5, 5.41) is 0.744. The van der Waals surface area contributed by atoms with Crippen LogP contribution in [0.4, 0.5) is 0 Å². The van der Waals surface area contributed by atoms with Gasteiger partial charge in [0.05, 0.1) is 12.2 Å². The fourth-order valence-electron chi connectivity index (χ4n) is 3.42. The maximum atomic E-state index is 6.09. The van der Waals surface area contributed by atoms with Crippen LogP contribution in [0.2, 0.25) is 5.02 Å². The Bertz CT molecular complexity index is 463. The minimum Gasteiger partial charge on any atom is -0.378 e. The van der Waals surface area contributed by atoms with E-state index in [1.54, 1.807) is 0 Å². The highest BCUT2D eigenvalue weighted by Crippen LogP contribution is 2.40. The molecule has 2 heterocycles. The molecular weight excluding hydrogens is 276 g/mol. The molecular formula is C15H21ClN2O2. The van der Waals surface area contributed by atoms with E-state index < -0.39 is 0 Å². The van der Waals surface area contributed by atoms with Crippen molar-refractivity contribution in [3.63, 3.8) is 0 Å². The molecule has 20 heavy (non-hydrogen) atoms. The lowest BCUT2D eigenvalue weighted by Crippen LogP contribution is -2.45. The lowest BCUT2D eigenvalue weighted by atomic mass is 9.79. The van der Waals surface area contributed by atoms with E-state index in [9.17, 15) is 0 Å². The number of hydrogen-bond donors (Lipinski definition) is 2. The van der Waals surface area contributed by atoms with Crippen LogP contribution in [-0.4, -0.2) is 25.4 Å². The zero-order valence-corrected chi connectivity index (χ0v) is 12.2. The van der Waals surface area contributed by atoms with E-state index in [0.29, 0.717) is 12.5 Å². The molecule has 0 aromatic heterocycles. The van der Waals surface area contributed by atoms with Crippen molar-refractivity contribution in [2.45, 2.75) is 30.9 Å². The number of benzene rings is 1. The average molecular weight is 297 g/mol. The Hall–Kier alpha value is -0.650. The molecule has 2 aliphatic rings. The monoisotopic (exact) mass is 296 g/mol. The van der Waals surface area contributed by atoms with Gasteiger partial charge in [0, 0.05) is 30.7 Å². The predicted octanol–water partition coefficient (Wildman–Crippen LogP) is 2.43. The topological polar surface area (TPSA) is 56.5 Å². The molecule has 1 aromatic carbocycles. The number of nitrogens with one attached hydrogen (secondary N) is 1. The summed E-state index contributed by atoms with van der Waals surface area (Å²) in [6.07, 6.45) is 2.97. The summed E-state index contributed by atoms with van der Waals surface area (Å²) in [5.74, 6) is 6.25. The number of nitrogens with two attached hydrogens (primary N) is 1. The molecule has 3 rings (SSSR count). The highest BCUT2D eigenvalue weighted by atomic mass is 35.5. The number of hydrazine groups is 1. The number of halogens is 1. The standard InChI is InChI=1S/C15H21ClN2O2/c16-13-3-1-2-11(8-13)14(18-17)12-4-6-20-15(9-12)5-7-19-10-15/h1-3,8,12,14,18H,4-7,9-10,17H2. The summed E-state index contributed by atoms with van der Waals surface area (Å²) < 4.78 is 11.5. The lowest BCUT2D eigenvalue weighted by molar-refractivity contribution is -0.103. The molecule has 0 bridgehead atoms. The summed E-state index contributed by atoms with van der Waals surface area (Å²) in [5.41, 5.74) is 4.01. The van der Waals surface area contributed by atoms with E-state index in [0.717, 1.165) is 43.1 Å². The van der Waals surface area contributed by atoms with Crippen LogP contribution >= 0.6 is 11.6 Å². The summed E-state index contributed by atoms with van der Waals surface area (Å²) in [6, 6.07) is 8.02. The molecule has 5 heteroatoms. The van der Waals surface area contributed by atoms with E-state index in [1.807, 2.05) is 18.2 Å². The van der Waals surface area contributed by atoms with Crippen molar-refractivity contribution >= 4 is 11.6 Å². The van der Waals surface area contributed by atoms with Gasteiger partial charge in [-0.2, -0.15) is 0 Å². The molecule has 3 N–H and O–H groups in total. The van der Waals surface area contributed by atoms with Gasteiger partial charge >= 0.3 is 0 Å². The van der Waals surface area contributed by atoms with E-state index >= 15 is 0 Å². The Labute approximate surface area is 124 Å². The van der Waals surface area contributed by atoms with Crippen molar-refractivity contribution in [3.8, 4) is 0 Å². The highest BCUT2D eigenvalue weighted by molar-refractivity contribution is 6.30. The summed E-state index contributed by atoms with van der Waals surface area (Å²) >= 11 is 6.09. The Morgan fingerprint density at radius 3 is 3.00 bits per heavy atom. The van der Waals surface area contributed by atoms with Gasteiger partial charge in [-0.3, -0.25) is 11.3 Å². The SMILES string of the molecule is NNC(c1cccc(Cl)c1)C1CCOC2(CCOC2)C1. The lowest BCUT2D eigenvalue weighted by Gasteiger charge is -2.40. The predicted molar refractivity (Wildman–Crippen MR) is 78.4 cm³/mol. The van der Waals surface area contributed by atoms with Crippen LogP contribution in [0.3, 0.4) is 0 Å². The van der Waals surface area contributed by atoms with Crippen molar-refractivity contribution < 1.29 is 9.47 Å². The Morgan fingerprint density at radius 1 is 1.40 bits per heavy atom. The molecule has 0 radical (unpaired) electrons. The zero-order chi connectivity index (χ0) is 14.0. The second kappa shape index (κ2) is 6.00. The molecule has 2 saturated heterocycles. The summed E-state index contributed by atoms with van der Waals surface area (Å²) in [4.78, 5) is 0. The summed E-state index contributed by atoms with van der Waals surface area (Å²) in [6.45, 7) is 2.27. The third-order valence-corrected chi connectivity index (χ3v) is 4.69. The van der Waals surface area contributed by atoms with Crippen molar-refractivity contribution in [1.29, 1.82) is 0 Å². The second-order valence-corrected chi connectivity index (χ2v) is 6.22. The van der Waals surface area contributed by atoms with Crippen LogP contribution in [0.15, 0.2) is 24.3 Å². The molecule has 110 valence electrons. The van der Waals surface area contributed by atoms with E-state index in [2.05, 4.69) is 11.5 Å². The Morgan fingerprint density at radius 2 is 2.30 bits per heavy atom. The van der Waals surface area contributed by atoms with Crippen molar-refractivity contribution in [3.05, 3.63) is 34.9 Å².